The predicted octanol–water partition coefficient (Wildman–Crippen LogP) is 4.73. The molecule has 0 rings (SSSR count). The summed E-state index contributed by atoms with van der Waals surface area (Å²) in [6.45, 7) is 8.09. The van der Waals surface area contributed by atoms with Crippen LogP contribution < -0.4 is 0 Å². The summed E-state index contributed by atoms with van der Waals surface area (Å²) in [6.07, 6.45) is 1.91. The fourth-order valence-corrected chi connectivity index (χ4v) is 5.76. The first-order valence-corrected chi connectivity index (χ1v) is 11.4. The van der Waals surface area contributed by atoms with Crippen LogP contribution in [-0.4, -0.2) is 30.1 Å². The van der Waals surface area contributed by atoms with Gasteiger partial charge in [-0.15, -0.1) is 0 Å². The summed E-state index contributed by atoms with van der Waals surface area (Å²) in [4.78, 5) is 0. The quantitative estimate of drug-likeness (QED) is 0.457. The fraction of sp³-hybridized carbons (Fsp3) is 0.867. The van der Waals surface area contributed by atoms with Crippen LogP contribution in [-0.2, 0) is 25.4 Å². The summed E-state index contributed by atoms with van der Waals surface area (Å²) in [7, 11) is 0.134. The van der Waals surface area contributed by atoms with E-state index in [-0.39, 0.29) is 8.81 Å². The number of nitriles is 2. The van der Waals surface area contributed by atoms with Gasteiger partial charge in [-0.25, -0.2) is 0 Å². The van der Waals surface area contributed by atoms with Crippen LogP contribution in [0.4, 0.5) is 0 Å². The second-order valence-electron chi connectivity index (χ2n) is 5.55. The van der Waals surface area contributed by atoms with Gasteiger partial charge in [-0.2, -0.15) is 10.5 Å². The van der Waals surface area contributed by atoms with Crippen molar-refractivity contribution in [3.63, 3.8) is 0 Å². The second kappa shape index (κ2) is 10.7. The first kappa shape index (κ1) is 22.9. The van der Waals surface area contributed by atoms with Gasteiger partial charge < -0.3 is 13.6 Å². The van der Waals surface area contributed by atoms with Crippen LogP contribution in [0.2, 0.25) is 0 Å². The Morgan fingerprint density at radius 2 is 1.57 bits per heavy atom. The summed E-state index contributed by atoms with van der Waals surface area (Å²) in [5, 5.41) is 17.7. The van der Waals surface area contributed by atoms with E-state index in [1.54, 1.807) is 0 Å². The number of rotatable bonds is 12. The van der Waals surface area contributed by atoms with Crippen molar-refractivity contribution in [1.29, 1.82) is 10.5 Å². The van der Waals surface area contributed by atoms with Crippen molar-refractivity contribution < 1.29 is 13.6 Å². The Kier molecular flexibility index (Phi) is 10.7. The van der Waals surface area contributed by atoms with Crippen LogP contribution in [0.3, 0.4) is 0 Å². The van der Waals surface area contributed by atoms with Crippen LogP contribution in [0, 0.1) is 22.7 Å². The maximum atomic E-state index is 9.67. The van der Waals surface area contributed by atoms with Crippen molar-refractivity contribution >= 4 is 27.1 Å². The van der Waals surface area contributed by atoms with Gasteiger partial charge in [0.25, 0.3) is 0 Å². The molecule has 0 aromatic carbocycles. The van der Waals surface area contributed by atoms with Gasteiger partial charge in [-0.3, -0.25) is 0 Å². The second-order valence-corrected chi connectivity index (χ2v) is 11.1. The highest BCUT2D eigenvalue weighted by molar-refractivity contribution is 8.10. The molecule has 0 aromatic heterocycles. The van der Waals surface area contributed by atoms with E-state index in [1.807, 2.05) is 34.6 Å². The average Bonchev–Trinajstić information content (AvgIpc) is 2.53. The van der Waals surface area contributed by atoms with Crippen molar-refractivity contribution in [2.75, 3.05) is 19.8 Å². The normalized spacial score (nSPS) is 17.3. The lowest BCUT2D eigenvalue weighted by molar-refractivity contribution is 0.251. The standard InChI is InChI=1S/C15H28N2O3P2S/c1-6-18-21-14(4,12-16)10-9-11-15(5,13-17)22(23,19-7-2)20-8-3/h21H,6-11H2,1-5H3. The molecule has 5 nitrogen and oxygen atoms in total. The molecule has 3 atom stereocenters. The van der Waals surface area contributed by atoms with Crippen LogP contribution in [0.5, 0.6) is 0 Å². The molecule has 23 heavy (non-hydrogen) atoms. The van der Waals surface area contributed by atoms with Gasteiger partial charge in [0.15, 0.2) is 0 Å². The zero-order valence-electron chi connectivity index (χ0n) is 14.7. The first-order valence-electron chi connectivity index (χ1n) is 7.87. The Bertz CT molecular complexity index is 482. The Labute approximate surface area is 147 Å². The van der Waals surface area contributed by atoms with E-state index in [9.17, 15) is 10.5 Å². The largest absolute Gasteiger partial charge is 0.361 e. The third kappa shape index (κ3) is 6.75. The Hall–Kier alpha value is -0.0600. The molecule has 0 aromatic rings. The third-order valence-corrected chi connectivity index (χ3v) is 9.29. The zero-order chi connectivity index (χ0) is 18.0. The summed E-state index contributed by atoms with van der Waals surface area (Å²) in [6, 6.07) is 4.65. The molecule has 0 radical (unpaired) electrons. The lowest BCUT2D eigenvalue weighted by Gasteiger charge is -2.34. The lowest BCUT2D eigenvalue weighted by Crippen LogP contribution is -2.27. The molecule has 0 saturated heterocycles. The molecule has 0 aliphatic heterocycles. The first-order chi connectivity index (χ1) is 10.8. The van der Waals surface area contributed by atoms with Crippen molar-refractivity contribution in [2.45, 2.75) is 64.2 Å². The van der Waals surface area contributed by atoms with Crippen LogP contribution in [0.25, 0.3) is 0 Å². The van der Waals surface area contributed by atoms with E-state index >= 15 is 0 Å². The molecule has 3 unspecified atom stereocenters. The van der Waals surface area contributed by atoms with Crippen LogP contribution in [0.1, 0.15) is 53.9 Å². The van der Waals surface area contributed by atoms with Crippen molar-refractivity contribution in [1.82, 2.24) is 0 Å². The number of hydrogen-bond acceptors (Lipinski definition) is 6. The highest BCUT2D eigenvalue weighted by Gasteiger charge is 2.43. The molecule has 0 bridgehead atoms. The maximum Gasteiger partial charge on any atom is 0.208 e. The molecule has 0 aliphatic carbocycles. The molecule has 0 aliphatic rings. The molecule has 0 heterocycles. The van der Waals surface area contributed by atoms with E-state index in [2.05, 4.69) is 12.1 Å². The molecule has 0 spiro atoms. The van der Waals surface area contributed by atoms with Gasteiger partial charge in [0.05, 0.1) is 30.5 Å². The average molecular weight is 378 g/mol. The van der Waals surface area contributed by atoms with Crippen molar-refractivity contribution in [3.05, 3.63) is 0 Å². The highest BCUT2D eigenvalue weighted by Crippen LogP contribution is 2.62. The molecule has 0 saturated carbocycles. The molecule has 0 fully saturated rings. The summed E-state index contributed by atoms with van der Waals surface area (Å²) in [5.41, 5.74) is 0. The summed E-state index contributed by atoms with van der Waals surface area (Å²) >= 11 is 5.60. The Balaban J connectivity index is 4.97. The van der Waals surface area contributed by atoms with Crippen molar-refractivity contribution in [3.8, 4) is 12.1 Å². The van der Waals surface area contributed by atoms with Gasteiger partial charge in [-0.05, 0) is 65.7 Å². The predicted molar refractivity (Wildman–Crippen MR) is 99.4 cm³/mol. The van der Waals surface area contributed by atoms with Crippen LogP contribution >= 0.6 is 15.3 Å². The van der Waals surface area contributed by atoms with Crippen LogP contribution in [0.15, 0.2) is 0 Å². The summed E-state index contributed by atoms with van der Waals surface area (Å²) in [5.74, 6) is 0. The van der Waals surface area contributed by atoms with Gasteiger partial charge in [0, 0.05) is 15.4 Å². The lowest BCUT2D eigenvalue weighted by atomic mass is 9.99. The topological polar surface area (TPSA) is 75.3 Å². The number of hydrogen-bond donors (Lipinski definition) is 0. The minimum Gasteiger partial charge on any atom is -0.361 e. The van der Waals surface area contributed by atoms with Gasteiger partial charge in [0.1, 0.15) is 5.16 Å². The van der Waals surface area contributed by atoms with E-state index in [0.717, 1.165) is 0 Å². The molecular weight excluding hydrogens is 350 g/mol. The fourth-order valence-electron chi connectivity index (χ4n) is 2.06. The molecule has 0 N–H and O–H groups in total. The zero-order valence-corrected chi connectivity index (χ0v) is 17.4. The highest BCUT2D eigenvalue weighted by atomic mass is 32.5. The van der Waals surface area contributed by atoms with E-state index in [1.165, 1.54) is 0 Å². The van der Waals surface area contributed by atoms with E-state index < -0.39 is 16.8 Å². The minimum atomic E-state index is -2.69. The van der Waals surface area contributed by atoms with E-state index in [4.69, 9.17) is 25.4 Å². The van der Waals surface area contributed by atoms with E-state index in [0.29, 0.717) is 39.1 Å². The molecule has 132 valence electrons. The van der Waals surface area contributed by atoms with Gasteiger partial charge in [0.2, 0.25) is 6.49 Å². The molecule has 8 heteroatoms. The van der Waals surface area contributed by atoms with Gasteiger partial charge >= 0.3 is 0 Å². The smallest absolute Gasteiger partial charge is 0.208 e. The minimum absolute atomic E-state index is 0.134. The monoisotopic (exact) mass is 378 g/mol. The SMILES string of the molecule is CCOPC(C)(C#N)CCCC(C)(C#N)P(=S)(OCC)OCC. The third-order valence-electron chi connectivity index (χ3n) is 3.47. The van der Waals surface area contributed by atoms with Crippen molar-refractivity contribution in [2.24, 2.45) is 0 Å². The Morgan fingerprint density at radius 3 is 1.96 bits per heavy atom. The summed E-state index contributed by atoms with van der Waals surface area (Å²) < 4.78 is 16.8. The Morgan fingerprint density at radius 1 is 1.00 bits per heavy atom. The molecular formula is C15H28N2O3P2S. The maximum absolute atomic E-state index is 9.67. The van der Waals surface area contributed by atoms with Gasteiger partial charge in [-0.1, -0.05) is 0 Å². The molecule has 0 amide bonds. The number of nitrogens with zero attached hydrogens (tertiary/aromatic N) is 2.